The lowest BCUT2D eigenvalue weighted by Gasteiger charge is -2.38. The Morgan fingerprint density at radius 1 is 1.35 bits per heavy atom. The van der Waals surface area contributed by atoms with Gasteiger partial charge in [0, 0.05) is 38.8 Å². The molecule has 1 unspecified atom stereocenters. The van der Waals surface area contributed by atoms with Crippen LogP contribution in [0.2, 0.25) is 0 Å². The molecular formula is C12H23N3O2. The third-order valence-electron chi connectivity index (χ3n) is 3.63. The second kappa shape index (κ2) is 5.80. The van der Waals surface area contributed by atoms with Crippen LogP contribution < -0.4 is 5.32 Å². The van der Waals surface area contributed by atoms with Crippen molar-refractivity contribution >= 4 is 5.91 Å². The molecule has 2 aliphatic heterocycles. The van der Waals surface area contributed by atoms with Crippen LogP contribution >= 0.6 is 0 Å². The number of hydrogen-bond donors (Lipinski definition) is 1. The summed E-state index contributed by atoms with van der Waals surface area (Å²) in [4.78, 5) is 16.5. The molecule has 2 rings (SSSR count). The summed E-state index contributed by atoms with van der Waals surface area (Å²) in [5.41, 5.74) is 0. The van der Waals surface area contributed by atoms with Crippen molar-refractivity contribution in [1.82, 2.24) is 15.1 Å². The zero-order valence-corrected chi connectivity index (χ0v) is 10.8. The Hall–Kier alpha value is -0.650. The molecule has 0 aromatic carbocycles. The molecule has 0 aromatic rings. The molecule has 98 valence electrons. The average molecular weight is 241 g/mol. The van der Waals surface area contributed by atoms with E-state index < -0.39 is 0 Å². The highest BCUT2D eigenvalue weighted by Gasteiger charge is 2.29. The van der Waals surface area contributed by atoms with Gasteiger partial charge in [-0.3, -0.25) is 9.69 Å². The minimum absolute atomic E-state index is 0.00218. The molecule has 2 aliphatic rings. The number of rotatable bonds is 2. The largest absolute Gasteiger partial charge is 0.378 e. The van der Waals surface area contributed by atoms with Crippen molar-refractivity contribution < 1.29 is 9.53 Å². The van der Waals surface area contributed by atoms with Gasteiger partial charge in [0.15, 0.2) is 0 Å². The van der Waals surface area contributed by atoms with Crippen LogP contribution in [-0.2, 0) is 9.53 Å². The summed E-state index contributed by atoms with van der Waals surface area (Å²) in [6.45, 7) is 9.91. The SMILES string of the molecule is CC(C(=O)N1CCOCC1)N1CCN[C@H](C)C1. The maximum absolute atomic E-state index is 12.3. The number of nitrogens with zero attached hydrogens (tertiary/aromatic N) is 2. The average Bonchev–Trinajstić information content (AvgIpc) is 2.38. The van der Waals surface area contributed by atoms with Crippen molar-refractivity contribution in [3.8, 4) is 0 Å². The third-order valence-corrected chi connectivity index (χ3v) is 3.63. The summed E-state index contributed by atoms with van der Waals surface area (Å²) in [6.07, 6.45) is 0. The highest BCUT2D eigenvalue weighted by atomic mass is 16.5. The smallest absolute Gasteiger partial charge is 0.239 e. The standard InChI is InChI=1S/C12H23N3O2/c1-10-9-15(4-3-13-10)11(2)12(16)14-5-7-17-8-6-14/h10-11,13H,3-9H2,1-2H3/t10-,11?/m1/s1. The summed E-state index contributed by atoms with van der Waals surface area (Å²) in [6, 6.07) is 0.473. The van der Waals surface area contributed by atoms with Gasteiger partial charge in [-0.15, -0.1) is 0 Å². The number of carbonyl (C=O) groups is 1. The fraction of sp³-hybridized carbons (Fsp3) is 0.917. The Balaban J connectivity index is 1.89. The Morgan fingerprint density at radius 2 is 2.06 bits per heavy atom. The van der Waals surface area contributed by atoms with Gasteiger partial charge in [-0.1, -0.05) is 0 Å². The van der Waals surface area contributed by atoms with Crippen LogP contribution in [0.25, 0.3) is 0 Å². The minimum atomic E-state index is -0.00218. The molecule has 0 spiro atoms. The van der Waals surface area contributed by atoms with E-state index >= 15 is 0 Å². The maximum atomic E-state index is 12.3. The van der Waals surface area contributed by atoms with Crippen LogP contribution in [0.1, 0.15) is 13.8 Å². The minimum Gasteiger partial charge on any atom is -0.378 e. The molecule has 2 fully saturated rings. The number of piperazine rings is 1. The Labute approximate surface area is 103 Å². The summed E-state index contributed by atoms with van der Waals surface area (Å²) < 4.78 is 5.27. The van der Waals surface area contributed by atoms with Gasteiger partial charge in [0.2, 0.25) is 5.91 Å². The molecule has 2 saturated heterocycles. The fourth-order valence-corrected chi connectivity index (χ4v) is 2.52. The van der Waals surface area contributed by atoms with E-state index in [1.54, 1.807) is 0 Å². The predicted molar refractivity (Wildman–Crippen MR) is 65.9 cm³/mol. The number of nitrogens with one attached hydrogen (secondary N) is 1. The van der Waals surface area contributed by atoms with Crippen LogP contribution in [0.15, 0.2) is 0 Å². The second-order valence-electron chi connectivity index (χ2n) is 4.96. The van der Waals surface area contributed by atoms with E-state index in [9.17, 15) is 4.79 Å². The normalized spacial score (nSPS) is 29.1. The van der Waals surface area contributed by atoms with E-state index in [-0.39, 0.29) is 11.9 Å². The Kier molecular flexibility index (Phi) is 4.36. The van der Waals surface area contributed by atoms with Gasteiger partial charge < -0.3 is 15.0 Å². The van der Waals surface area contributed by atoms with E-state index in [2.05, 4.69) is 17.1 Å². The molecule has 0 bridgehead atoms. The zero-order valence-electron chi connectivity index (χ0n) is 10.8. The number of hydrogen-bond acceptors (Lipinski definition) is 4. The van der Waals surface area contributed by atoms with E-state index in [0.717, 1.165) is 32.7 Å². The first-order valence-corrected chi connectivity index (χ1v) is 6.52. The quantitative estimate of drug-likeness (QED) is 0.710. The molecule has 1 N–H and O–H groups in total. The number of amides is 1. The summed E-state index contributed by atoms with van der Waals surface area (Å²) in [5.74, 6) is 0.252. The molecular weight excluding hydrogens is 218 g/mol. The molecule has 0 aliphatic carbocycles. The first kappa shape index (κ1) is 12.8. The van der Waals surface area contributed by atoms with Crippen molar-refractivity contribution in [2.75, 3.05) is 45.9 Å². The molecule has 0 aromatic heterocycles. The number of ether oxygens (including phenoxy) is 1. The first-order chi connectivity index (χ1) is 8.18. The highest BCUT2D eigenvalue weighted by molar-refractivity contribution is 5.81. The number of carbonyl (C=O) groups excluding carboxylic acids is 1. The van der Waals surface area contributed by atoms with Gasteiger partial charge in [0.25, 0.3) is 0 Å². The summed E-state index contributed by atoms with van der Waals surface area (Å²) >= 11 is 0. The fourth-order valence-electron chi connectivity index (χ4n) is 2.52. The van der Waals surface area contributed by atoms with Crippen LogP contribution in [-0.4, -0.2) is 73.7 Å². The zero-order chi connectivity index (χ0) is 12.3. The third kappa shape index (κ3) is 3.18. The van der Waals surface area contributed by atoms with Crippen LogP contribution in [0, 0.1) is 0 Å². The van der Waals surface area contributed by atoms with Crippen LogP contribution in [0.3, 0.4) is 0 Å². The van der Waals surface area contributed by atoms with Crippen molar-refractivity contribution in [3.63, 3.8) is 0 Å². The monoisotopic (exact) mass is 241 g/mol. The van der Waals surface area contributed by atoms with Gasteiger partial charge in [-0.2, -0.15) is 0 Å². The molecule has 2 atom stereocenters. The molecule has 5 nitrogen and oxygen atoms in total. The van der Waals surface area contributed by atoms with E-state index in [1.165, 1.54) is 0 Å². The van der Waals surface area contributed by atoms with Crippen molar-refractivity contribution in [3.05, 3.63) is 0 Å². The van der Waals surface area contributed by atoms with Gasteiger partial charge in [-0.05, 0) is 13.8 Å². The molecule has 2 heterocycles. The molecule has 17 heavy (non-hydrogen) atoms. The molecule has 0 radical (unpaired) electrons. The summed E-state index contributed by atoms with van der Waals surface area (Å²) in [5, 5.41) is 3.40. The predicted octanol–water partition coefficient (Wildman–Crippen LogP) is -0.473. The van der Waals surface area contributed by atoms with E-state index in [1.807, 2.05) is 11.8 Å². The Morgan fingerprint density at radius 3 is 2.71 bits per heavy atom. The first-order valence-electron chi connectivity index (χ1n) is 6.52. The summed E-state index contributed by atoms with van der Waals surface area (Å²) in [7, 11) is 0. The lowest BCUT2D eigenvalue weighted by Crippen LogP contribution is -2.57. The van der Waals surface area contributed by atoms with Crippen molar-refractivity contribution in [2.24, 2.45) is 0 Å². The van der Waals surface area contributed by atoms with Gasteiger partial charge in [0.05, 0.1) is 19.3 Å². The van der Waals surface area contributed by atoms with Gasteiger partial charge in [0.1, 0.15) is 0 Å². The number of morpholine rings is 1. The highest BCUT2D eigenvalue weighted by Crippen LogP contribution is 2.09. The van der Waals surface area contributed by atoms with E-state index in [0.29, 0.717) is 19.3 Å². The van der Waals surface area contributed by atoms with Crippen molar-refractivity contribution in [2.45, 2.75) is 25.9 Å². The van der Waals surface area contributed by atoms with Gasteiger partial charge in [-0.25, -0.2) is 0 Å². The second-order valence-corrected chi connectivity index (χ2v) is 4.96. The van der Waals surface area contributed by atoms with Gasteiger partial charge >= 0.3 is 0 Å². The molecule has 5 heteroatoms. The molecule has 1 amide bonds. The van der Waals surface area contributed by atoms with Crippen LogP contribution in [0.5, 0.6) is 0 Å². The molecule has 0 saturated carbocycles. The van der Waals surface area contributed by atoms with Crippen molar-refractivity contribution in [1.29, 1.82) is 0 Å². The van der Waals surface area contributed by atoms with E-state index in [4.69, 9.17) is 4.74 Å². The van der Waals surface area contributed by atoms with Crippen LogP contribution in [0.4, 0.5) is 0 Å². The lowest BCUT2D eigenvalue weighted by atomic mass is 10.1. The maximum Gasteiger partial charge on any atom is 0.239 e. The Bertz CT molecular complexity index is 266. The lowest BCUT2D eigenvalue weighted by molar-refractivity contribution is -0.140. The topological polar surface area (TPSA) is 44.8 Å².